The second-order valence-electron chi connectivity index (χ2n) is 8.54. The molecule has 2 aromatic carbocycles. The van der Waals surface area contributed by atoms with E-state index in [-0.39, 0.29) is 16.9 Å². The van der Waals surface area contributed by atoms with Crippen molar-refractivity contribution in [2.75, 3.05) is 0 Å². The lowest BCUT2D eigenvalue weighted by molar-refractivity contribution is -0.132. The van der Waals surface area contributed by atoms with Crippen LogP contribution in [0, 0.1) is 16.7 Å². The minimum absolute atomic E-state index is 0.0795. The molecule has 1 amide bonds. The Bertz CT molecular complexity index is 1160. The molecule has 156 valence electrons. The number of nitriles is 1. The number of benzene rings is 2. The van der Waals surface area contributed by atoms with Crippen molar-refractivity contribution in [1.29, 1.82) is 5.26 Å². The van der Waals surface area contributed by atoms with E-state index in [0.717, 1.165) is 23.2 Å². The van der Waals surface area contributed by atoms with Gasteiger partial charge in [0.05, 0.1) is 29.2 Å². The van der Waals surface area contributed by atoms with Crippen LogP contribution in [0.4, 0.5) is 0 Å². The highest BCUT2D eigenvalue weighted by molar-refractivity contribution is 5.93. The summed E-state index contributed by atoms with van der Waals surface area (Å²) in [7, 11) is 0. The molecule has 1 aliphatic heterocycles. The predicted octanol–water partition coefficient (Wildman–Crippen LogP) is 4.80. The molecule has 31 heavy (non-hydrogen) atoms. The average Bonchev–Trinajstić information content (AvgIpc) is 3.31. The first kappa shape index (κ1) is 20.6. The van der Waals surface area contributed by atoms with Crippen molar-refractivity contribution >= 4 is 11.9 Å². The van der Waals surface area contributed by atoms with Gasteiger partial charge in [-0.1, -0.05) is 43.3 Å². The van der Waals surface area contributed by atoms with Crippen molar-refractivity contribution in [2.45, 2.75) is 38.6 Å². The molecule has 1 saturated heterocycles. The van der Waals surface area contributed by atoms with Crippen molar-refractivity contribution in [1.82, 2.24) is 4.90 Å². The number of likely N-dealkylation sites (tertiary alicyclic amines) is 1. The fourth-order valence-electron chi connectivity index (χ4n) is 4.80. The maximum Gasteiger partial charge on any atom is 0.335 e. The number of carbonyl (C=O) groups excluding carboxylic acids is 1. The monoisotopic (exact) mass is 412 g/mol. The first-order chi connectivity index (χ1) is 14.8. The lowest BCUT2D eigenvalue weighted by Gasteiger charge is -2.20. The second-order valence-corrected chi connectivity index (χ2v) is 8.54. The summed E-state index contributed by atoms with van der Waals surface area (Å²) in [5, 5.41) is 18.4. The van der Waals surface area contributed by atoms with E-state index in [1.807, 2.05) is 43.4 Å². The van der Waals surface area contributed by atoms with Crippen LogP contribution in [0.25, 0.3) is 0 Å². The highest BCUT2D eigenvalue weighted by atomic mass is 16.4. The molecule has 1 aliphatic carbocycles. The molecule has 2 fully saturated rings. The number of nitrogens with zero attached hydrogens (tertiary/aromatic N) is 2. The maximum atomic E-state index is 13.7. The van der Waals surface area contributed by atoms with E-state index in [2.05, 4.69) is 13.0 Å². The van der Waals surface area contributed by atoms with Gasteiger partial charge in [0.2, 0.25) is 5.91 Å². The van der Waals surface area contributed by atoms with Crippen LogP contribution in [-0.4, -0.2) is 21.9 Å². The smallest absolute Gasteiger partial charge is 0.335 e. The third-order valence-electron chi connectivity index (χ3n) is 6.72. The fourth-order valence-corrected chi connectivity index (χ4v) is 4.80. The van der Waals surface area contributed by atoms with Crippen molar-refractivity contribution in [3.05, 3.63) is 94.7 Å². The van der Waals surface area contributed by atoms with Crippen LogP contribution in [-0.2, 0) is 16.8 Å². The van der Waals surface area contributed by atoms with Gasteiger partial charge in [-0.05, 0) is 54.8 Å². The van der Waals surface area contributed by atoms with Crippen LogP contribution >= 0.6 is 0 Å². The standard InChI is InChI=1S/C26H24N2O3/c1-3-4-8-22-14-26(17-25(26,2)21-11-9-18(15-27)10-12-21)24(31)28(22)16-19-6-5-7-20(13-19)23(29)30/h3-13H,14,16-17H2,1-2H3,(H,29,30). The van der Waals surface area contributed by atoms with Gasteiger partial charge in [0.15, 0.2) is 0 Å². The van der Waals surface area contributed by atoms with E-state index in [1.165, 1.54) is 0 Å². The Labute approximate surface area is 181 Å². The van der Waals surface area contributed by atoms with E-state index in [4.69, 9.17) is 5.26 Å². The molecule has 1 N–H and O–H groups in total. The zero-order valence-corrected chi connectivity index (χ0v) is 17.6. The van der Waals surface area contributed by atoms with Gasteiger partial charge in [0.25, 0.3) is 0 Å². The first-order valence-electron chi connectivity index (χ1n) is 10.3. The number of hydrogen-bond donors (Lipinski definition) is 1. The van der Waals surface area contributed by atoms with Gasteiger partial charge in [0, 0.05) is 17.5 Å². The minimum atomic E-state index is -0.980. The van der Waals surface area contributed by atoms with Gasteiger partial charge in [-0.25, -0.2) is 4.79 Å². The van der Waals surface area contributed by atoms with E-state index >= 15 is 0 Å². The molecular formula is C26H24N2O3. The summed E-state index contributed by atoms with van der Waals surface area (Å²) in [6, 6.07) is 16.4. The quantitative estimate of drug-likeness (QED) is 0.765. The number of carboxylic acids is 1. The lowest BCUT2D eigenvalue weighted by Crippen LogP contribution is -2.30. The van der Waals surface area contributed by atoms with Crippen molar-refractivity contribution < 1.29 is 14.7 Å². The Balaban J connectivity index is 1.67. The van der Waals surface area contributed by atoms with Crippen molar-refractivity contribution in [3.8, 4) is 6.07 Å². The molecule has 2 unspecified atom stereocenters. The molecule has 2 aliphatic rings. The van der Waals surface area contributed by atoms with Crippen LogP contribution in [0.3, 0.4) is 0 Å². The molecule has 4 rings (SSSR count). The minimum Gasteiger partial charge on any atom is -0.478 e. The van der Waals surface area contributed by atoms with Crippen LogP contribution in [0.15, 0.2) is 72.5 Å². The van der Waals surface area contributed by atoms with E-state index in [1.54, 1.807) is 35.2 Å². The average molecular weight is 412 g/mol. The number of amides is 1. The molecule has 5 heteroatoms. The van der Waals surface area contributed by atoms with E-state index in [9.17, 15) is 14.7 Å². The van der Waals surface area contributed by atoms with Gasteiger partial charge >= 0.3 is 5.97 Å². The van der Waals surface area contributed by atoms with Gasteiger partial charge < -0.3 is 10.0 Å². The molecule has 2 aromatic rings. The van der Waals surface area contributed by atoms with Crippen LogP contribution in [0.1, 0.15) is 53.7 Å². The Morgan fingerprint density at radius 3 is 2.65 bits per heavy atom. The largest absolute Gasteiger partial charge is 0.478 e. The fraction of sp³-hybridized carbons (Fsp3) is 0.269. The Kier molecular flexibility index (Phi) is 5.02. The summed E-state index contributed by atoms with van der Waals surface area (Å²) >= 11 is 0. The van der Waals surface area contributed by atoms with Gasteiger partial charge in [-0.15, -0.1) is 0 Å². The van der Waals surface area contributed by atoms with Gasteiger partial charge in [0.1, 0.15) is 0 Å². The maximum absolute atomic E-state index is 13.7. The molecule has 5 nitrogen and oxygen atoms in total. The summed E-state index contributed by atoms with van der Waals surface area (Å²) in [5.41, 5.74) is 2.84. The highest BCUT2D eigenvalue weighted by Gasteiger charge is 2.73. The summed E-state index contributed by atoms with van der Waals surface area (Å²) in [6.45, 7) is 4.39. The number of rotatable bonds is 5. The summed E-state index contributed by atoms with van der Waals surface area (Å²) in [4.78, 5) is 26.8. The molecule has 1 heterocycles. The zero-order valence-electron chi connectivity index (χ0n) is 17.6. The molecule has 0 aromatic heterocycles. The number of carboxylic acid groups (broad SMARTS) is 1. The SMILES string of the molecule is CC=CC=C1CC2(CC2(C)c2ccc(C#N)cc2)C(=O)N1Cc1cccc(C(=O)O)c1. The Morgan fingerprint density at radius 2 is 2.00 bits per heavy atom. The molecule has 0 bridgehead atoms. The second kappa shape index (κ2) is 7.55. The predicted molar refractivity (Wildman–Crippen MR) is 117 cm³/mol. The number of carbonyl (C=O) groups is 2. The third-order valence-corrected chi connectivity index (χ3v) is 6.72. The normalized spacial score (nSPS) is 26.0. The summed E-state index contributed by atoms with van der Waals surface area (Å²) in [6.07, 6.45) is 7.24. The molecule has 1 saturated carbocycles. The lowest BCUT2D eigenvalue weighted by atomic mass is 9.86. The molecule has 0 radical (unpaired) electrons. The topological polar surface area (TPSA) is 81.4 Å². The summed E-state index contributed by atoms with van der Waals surface area (Å²) in [5.74, 6) is -0.901. The molecule has 1 spiro atoms. The van der Waals surface area contributed by atoms with E-state index < -0.39 is 11.4 Å². The summed E-state index contributed by atoms with van der Waals surface area (Å²) < 4.78 is 0. The van der Waals surface area contributed by atoms with Crippen LogP contribution < -0.4 is 0 Å². The van der Waals surface area contributed by atoms with Crippen LogP contribution in [0.5, 0.6) is 0 Å². The zero-order chi connectivity index (χ0) is 22.2. The van der Waals surface area contributed by atoms with E-state index in [0.29, 0.717) is 18.5 Å². The van der Waals surface area contributed by atoms with Gasteiger partial charge in [-0.3, -0.25) is 4.79 Å². The highest BCUT2D eigenvalue weighted by Crippen LogP contribution is 2.71. The van der Waals surface area contributed by atoms with Crippen molar-refractivity contribution in [3.63, 3.8) is 0 Å². The van der Waals surface area contributed by atoms with Crippen molar-refractivity contribution in [2.24, 2.45) is 5.41 Å². The van der Waals surface area contributed by atoms with Crippen LogP contribution in [0.2, 0.25) is 0 Å². The Hall–Kier alpha value is -3.65. The molecular weight excluding hydrogens is 388 g/mol. The van der Waals surface area contributed by atoms with Gasteiger partial charge in [-0.2, -0.15) is 5.26 Å². The Morgan fingerprint density at radius 1 is 1.26 bits per heavy atom. The molecule has 2 atom stereocenters. The number of allylic oxidation sites excluding steroid dienone is 4. The number of hydrogen-bond acceptors (Lipinski definition) is 3. The third kappa shape index (κ3) is 3.34. The first-order valence-corrected chi connectivity index (χ1v) is 10.3. The number of aromatic carboxylic acids is 1.